The number of aliphatic hydroxyl groups is 4. The summed E-state index contributed by atoms with van der Waals surface area (Å²) in [4.78, 5) is 13.8. The van der Waals surface area contributed by atoms with Gasteiger partial charge >= 0.3 is 0 Å². The maximum absolute atomic E-state index is 13.8. The van der Waals surface area contributed by atoms with Crippen molar-refractivity contribution in [1.29, 1.82) is 0 Å². The van der Waals surface area contributed by atoms with Crippen molar-refractivity contribution >= 4 is 5.78 Å². The van der Waals surface area contributed by atoms with Crippen LogP contribution in [-0.2, 0) is 4.79 Å². The third-order valence-electron chi connectivity index (χ3n) is 7.54. The number of ketones is 1. The molecule has 0 aromatic carbocycles. The van der Waals surface area contributed by atoms with Crippen LogP contribution in [0.4, 0.5) is 0 Å². The van der Waals surface area contributed by atoms with E-state index in [-0.39, 0.29) is 23.2 Å². The molecule has 3 rings (SSSR count). The quantitative estimate of drug-likeness (QED) is 0.533. The molecule has 0 heterocycles. The lowest BCUT2D eigenvalue weighted by Crippen LogP contribution is -2.65. The van der Waals surface area contributed by atoms with Crippen LogP contribution in [0.2, 0.25) is 0 Å². The van der Waals surface area contributed by atoms with E-state index in [0.29, 0.717) is 12.0 Å². The Hall–Kier alpha value is -1.01. The first-order valence-corrected chi connectivity index (χ1v) is 9.09. The fraction of sp³-hybridized carbons (Fsp3) is 0.750. The second kappa shape index (κ2) is 5.49. The van der Waals surface area contributed by atoms with E-state index in [4.69, 9.17) is 0 Å². The fourth-order valence-electron chi connectivity index (χ4n) is 5.49. The van der Waals surface area contributed by atoms with Gasteiger partial charge in [0.1, 0.15) is 17.8 Å². The normalized spacial score (nSPS) is 49.0. The van der Waals surface area contributed by atoms with Gasteiger partial charge in [-0.3, -0.25) is 4.79 Å². The van der Waals surface area contributed by atoms with E-state index >= 15 is 0 Å². The lowest BCUT2D eigenvalue weighted by atomic mass is 9.59. The molecule has 0 aromatic heterocycles. The van der Waals surface area contributed by atoms with Gasteiger partial charge in [0.25, 0.3) is 0 Å². The molecule has 4 N–H and O–H groups in total. The molecule has 2 bridgehead atoms. The first-order valence-electron chi connectivity index (χ1n) is 9.09. The zero-order valence-corrected chi connectivity index (χ0v) is 15.7. The summed E-state index contributed by atoms with van der Waals surface area (Å²) in [6.45, 7) is 9.27. The topological polar surface area (TPSA) is 98.0 Å². The van der Waals surface area contributed by atoms with Crippen molar-refractivity contribution in [3.8, 4) is 0 Å². The highest BCUT2D eigenvalue weighted by Gasteiger charge is 2.71. The van der Waals surface area contributed by atoms with Crippen molar-refractivity contribution in [2.75, 3.05) is 6.61 Å². The van der Waals surface area contributed by atoms with E-state index in [1.54, 1.807) is 19.1 Å². The largest absolute Gasteiger partial charge is 0.392 e. The minimum Gasteiger partial charge on any atom is -0.392 e. The number of carbonyl (C=O) groups is 1. The summed E-state index contributed by atoms with van der Waals surface area (Å²) in [5.41, 5.74) is -3.12. The Kier molecular flexibility index (Phi) is 4.12. The molecule has 140 valence electrons. The monoisotopic (exact) mass is 350 g/mol. The Morgan fingerprint density at radius 3 is 2.32 bits per heavy atom. The SMILES string of the molecule is CC1=C[C@]23C(=O)[C@@H](C=C(CO)[C@@H](O)[C@]2(O)C1O)C(C)(C)[C@@H](C)C[C@H]3C. The molecular weight excluding hydrogens is 320 g/mol. The van der Waals surface area contributed by atoms with Crippen molar-refractivity contribution in [1.82, 2.24) is 0 Å². The van der Waals surface area contributed by atoms with Gasteiger partial charge in [-0.25, -0.2) is 0 Å². The predicted molar refractivity (Wildman–Crippen MR) is 93.5 cm³/mol. The van der Waals surface area contributed by atoms with Crippen molar-refractivity contribution in [2.45, 2.75) is 58.8 Å². The molecule has 0 aliphatic heterocycles. The third kappa shape index (κ3) is 2.01. The summed E-state index contributed by atoms with van der Waals surface area (Å²) in [5.74, 6) is -0.779. The van der Waals surface area contributed by atoms with Gasteiger partial charge in [-0.1, -0.05) is 39.8 Å². The van der Waals surface area contributed by atoms with Crippen molar-refractivity contribution in [2.24, 2.45) is 28.6 Å². The number of hydrogen-bond acceptors (Lipinski definition) is 5. The lowest BCUT2D eigenvalue weighted by molar-refractivity contribution is -0.189. The minimum absolute atomic E-state index is 0.171. The van der Waals surface area contributed by atoms with Crippen LogP contribution in [0, 0.1) is 28.6 Å². The van der Waals surface area contributed by atoms with Crippen molar-refractivity contribution in [3.05, 3.63) is 23.3 Å². The second-order valence-electron chi connectivity index (χ2n) is 8.99. The third-order valence-corrected chi connectivity index (χ3v) is 7.54. The highest BCUT2D eigenvalue weighted by atomic mass is 16.4. The van der Waals surface area contributed by atoms with E-state index < -0.39 is 41.2 Å². The molecule has 1 fully saturated rings. The summed E-state index contributed by atoms with van der Waals surface area (Å²) in [6, 6.07) is 0. The number of carbonyl (C=O) groups excluding carboxylic acids is 1. The summed E-state index contributed by atoms with van der Waals surface area (Å²) >= 11 is 0. The molecule has 5 nitrogen and oxygen atoms in total. The Balaban J connectivity index is 2.38. The Labute approximate surface area is 149 Å². The zero-order chi connectivity index (χ0) is 18.9. The van der Waals surface area contributed by atoms with Crippen LogP contribution in [0.25, 0.3) is 0 Å². The summed E-state index contributed by atoms with van der Waals surface area (Å²) in [5, 5.41) is 43.1. The molecule has 0 aromatic rings. The van der Waals surface area contributed by atoms with Crippen LogP contribution >= 0.6 is 0 Å². The van der Waals surface area contributed by atoms with Crippen molar-refractivity contribution in [3.63, 3.8) is 0 Å². The first-order chi connectivity index (χ1) is 11.5. The number of allylic oxidation sites excluding steroid dienone is 1. The summed E-state index contributed by atoms with van der Waals surface area (Å²) < 4.78 is 0. The Morgan fingerprint density at radius 2 is 1.76 bits per heavy atom. The van der Waals surface area contributed by atoms with Gasteiger partial charge in [0.2, 0.25) is 0 Å². The zero-order valence-electron chi connectivity index (χ0n) is 15.7. The smallest absolute Gasteiger partial charge is 0.153 e. The molecular formula is C20H30O5. The summed E-state index contributed by atoms with van der Waals surface area (Å²) in [7, 11) is 0. The van der Waals surface area contributed by atoms with E-state index in [1.807, 2.05) is 20.8 Å². The standard InChI is InChI=1S/C20H30O5/c1-10-8-19-12(3)6-11(2)18(4,5)14(17(19)24)7-13(9-21)16(23)20(19,25)15(10)22/h7-8,11-12,14-16,21-23,25H,6,9H2,1-5H3/t11-,12+,14+,15?,16+,19-,20+/m0/s1. The minimum atomic E-state index is -2.06. The summed E-state index contributed by atoms with van der Waals surface area (Å²) in [6.07, 6.45) is 1.17. The van der Waals surface area contributed by atoms with Gasteiger partial charge in [-0.15, -0.1) is 0 Å². The van der Waals surface area contributed by atoms with Crippen LogP contribution in [0.3, 0.4) is 0 Å². The number of Topliss-reactive ketones (excluding diaryl/α,β-unsaturated/α-hetero) is 1. The first kappa shape index (κ1) is 18.8. The van der Waals surface area contributed by atoms with E-state index in [1.165, 1.54) is 0 Å². The number of hydrogen-bond donors (Lipinski definition) is 4. The van der Waals surface area contributed by atoms with Gasteiger partial charge in [0.15, 0.2) is 5.78 Å². The molecule has 5 heteroatoms. The maximum atomic E-state index is 13.8. The van der Waals surface area contributed by atoms with E-state index in [9.17, 15) is 25.2 Å². The molecule has 3 aliphatic carbocycles. The number of aliphatic hydroxyl groups excluding tert-OH is 3. The second-order valence-corrected chi connectivity index (χ2v) is 8.99. The highest BCUT2D eigenvalue weighted by molar-refractivity contribution is 5.95. The average molecular weight is 350 g/mol. The van der Waals surface area contributed by atoms with E-state index in [0.717, 1.165) is 0 Å². The van der Waals surface area contributed by atoms with Gasteiger partial charge in [0, 0.05) is 5.92 Å². The number of rotatable bonds is 1. The lowest BCUT2D eigenvalue weighted by Gasteiger charge is -2.47. The van der Waals surface area contributed by atoms with Crippen LogP contribution in [0.15, 0.2) is 23.3 Å². The van der Waals surface area contributed by atoms with Gasteiger partial charge in [-0.2, -0.15) is 0 Å². The van der Waals surface area contributed by atoms with E-state index in [2.05, 4.69) is 6.92 Å². The van der Waals surface area contributed by atoms with Crippen LogP contribution in [0.1, 0.15) is 41.0 Å². The fourth-order valence-corrected chi connectivity index (χ4v) is 5.49. The van der Waals surface area contributed by atoms with Crippen LogP contribution in [0.5, 0.6) is 0 Å². The van der Waals surface area contributed by atoms with Gasteiger partial charge < -0.3 is 20.4 Å². The molecule has 1 spiro atoms. The molecule has 0 radical (unpaired) electrons. The highest BCUT2D eigenvalue weighted by Crippen LogP contribution is 2.61. The number of fused-ring (bicyclic) bond motifs is 1. The average Bonchev–Trinajstić information content (AvgIpc) is 2.69. The molecule has 1 saturated carbocycles. The molecule has 25 heavy (non-hydrogen) atoms. The van der Waals surface area contributed by atoms with Crippen LogP contribution in [-0.4, -0.2) is 50.6 Å². The van der Waals surface area contributed by atoms with Crippen molar-refractivity contribution < 1.29 is 25.2 Å². The predicted octanol–water partition coefficient (Wildman–Crippen LogP) is 1.21. The molecule has 3 aliphatic rings. The van der Waals surface area contributed by atoms with Gasteiger partial charge in [0.05, 0.1) is 12.0 Å². The molecule has 7 atom stereocenters. The molecule has 0 saturated heterocycles. The van der Waals surface area contributed by atoms with Gasteiger partial charge in [-0.05, 0) is 41.7 Å². The Bertz CT molecular complexity index is 663. The van der Waals surface area contributed by atoms with Crippen LogP contribution < -0.4 is 0 Å². The molecule has 1 unspecified atom stereocenters. The molecule has 0 amide bonds. The maximum Gasteiger partial charge on any atom is 0.153 e. The Morgan fingerprint density at radius 1 is 1.16 bits per heavy atom.